The predicted molar refractivity (Wildman–Crippen MR) is 60.5 cm³/mol. The van der Waals surface area contributed by atoms with Crippen LogP contribution in [0.3, 0.4) is 0 Å². The van der Waals surface area contributed by atoms with E-state index >= 15 is 0 Å². The Kier molecular flexibility index (Phi) is 2.88. The summed E-state index contributed by atoms with van der Waals surface area (Å²) in [6.45, 7) is 1.66. The van der Waals surface area contributed by atoms with E-state index < -0.39 is 5.91 Å². The highest BCUT2D eigenvalue weighted by molar-refractivity contribution is 5.91. The molecule has 1 aromatic carbocycles. The third kappa shape index (κ3) is 2.02. The predicted octanol–water partition coefficient (Wildman–Crippen LogP) is 0.167. The van der Waals surface area contributed by atoms with Gasteiger partial charge in [-0.3, -0.25) is 4.79 Å². The van der Waals surface area contributed by atoms with E-state index in [0.29, 0.717) is 5.69 Å². The third-order valence-electron chi connectivity index (χ3n) is 2.47. The van der Waals surface area contributed by atoms with Crippen molar-refractivity contribution in [2.75, 3.05) is 0 Å². The van der Waals surface area contributed by atoms with E-state index in [-0.39, 0.29) is 12.3 Å². The molecule has 1 aromatic heterocycles. The number of nitrogens with zero attached hydrogens (tertiary/aromatic N) is 3. The second kappa shape index (κ2) is 4.34. The molecule has 1 heterocycles. The quantitative estimate of drug-likeness (QED) is 0.788. The average molecular weight is 232 g/mol. The molecule has 0 aliphatic heterocycles. The second-order valence-electron chi connectivity index (χ2n) is 3.63. The fourth-order valence-electron chi connectivity index (χ4n) is 1.59. The van der Waals surface area contributed by atoms with Crippen molar-refractivity contribution in [3.05, 3.63) is 41.2 Å². The van der Waals surface area contributed by atoms with Crippen LogP contribution in [0.1, 0.15) is 21.7 Å². The van der Waals surface area contributed by atoms with E-state index in [1.165, 1.54) is 4.68 Å². The Balaban J connectivity index is 2.49. The van der Waals surface area contributed by atoms with Crippen molar-refractivity contribution in [1.29, 1.82) is 0 Å². The monoisotopic (exact) mass is 232 g/mol. The maximum Gasteiger partial charge on any atom is 0.271 e. The van der Waals surface area contributed by atoms with Crippen LogP contribution >= 0.6 is 0 Å². The summed E-state index contributed by atoms with van der Waals surface area (Å²) in [5, 5.41) is 16.6. The summed E-state index contributed by atoms with van der Waals surface area (Å²) in [6, 6.07) is 7.18. The summed E-state index contributed by atoms with van der Waals surface area (Å²) >= 11 is 0. The highest BCUT2D eigenvalue weighted by atomic mass is 16.3. The first-order chi connectivity index (χ1) is 8.13. The number of primary amides is 1. The molecule has 0 fully saturated rings. The van der Waals surface area contributed by atoms with Crippen molar-refractivity contribution >= 4 is 5.91 Å². The molecule has 3 N–H and O–H groups in total. The van der Waals surface area contributed by atoms with Crippen molar-refractivity contribution < 1.29 is 9.90 Å². The molecule has 2 rings (SSSR count). The van der Waals surface area contributed by atoms with Crippen LogP contribution in [-0.2, 0) is 6.61 Å². The highest BCUT2D eigenvalue weighted by Crippen LogP contribution is 2.13. The molecule has 0 saturated heterocycles. The van der Waals surface area contributed by atoms with E-state index in [0.717, 1.165) is 11.3 Å². The number of aliphatic hydroxyl groups excluding tert-OH is 1. The molecule has 0 atom stereocenters. The Morgan fingerprint density at radius 1 is 1.53 bits per heavy atom. The average Bonchev–Trinajstić information content (AvgIpc) is 2.71. The molecule has 6 nitrogen and oxygen atoms in total. The van der Waals surface area contributed by atoms with Gasteiger partial charge < -0.3 is 10.8 Å². The molecule has 6 heteroatoms. The molecular weight excluding hydrogens is 220 g/mol. The molecule has 2 aromatic rings. The van der Waals surface area contributed by atoms with Crippen LogP contribution in [-0.4, -0.2) is 26.0 Å². The Labute approximate surface area is 97.7 Å². The van der Waals surface area contributed by atoms with Gasteiger partial charge in [0.05, 0.1) is 18.0 Å². The van der Waals surface area contributed by atoms with Crippen LogP contribution < -0.4 is 5.73 Å². The Morgan fingerprint density at radius 3 is 2.88 bits per heavy atom. The van der Waals surface area contributed by atoms with Crippen molar-refractivity contribution in [2.24, 2.45) is 5.73 Å². The number of benzene rings is 1. The van der Waals surface area contributed by atoms with Crippen molar-refractivity contribution in [2.45, 2.75) is 13.5 Å². The topological polar surface area (TPSA) is 94.0 Å². The zero-order valence-corrected chi connectivity index (χ0v) is 9.29. The smallest absolute Gasteiger partial charge is 0.271 e. The minimum absolute atomic E-state index is 0.0513. The van der Waals surface area contributed by atoms with E-state index in [4.69, 9.17) is 10.8 Å². The SMILES string of the molecule is Cc1c(C(N)=O)nnn1-c1cccc(CO)c1. The Morgan fingerprint density at radius 2 is 2.29 bits per heavy atom. The van der Waals surface area contributed by atoms with Crippen LogP contribution in [0.25, 0.3) is 5.69 Å². The van der Waals surface area contributed by atoms with Crippen molar-refractivity contribution in [1.82, 2.24) is 15.0 Å². The van der Waals surface area contributed by atoms with Crippen LogP contribution in [0.15, 0.2) is 24.3 Å². The molecule has 0 bridgehead atoms. The molecule has 0 radical (unpaired) electrons. The summed E-state index contributed by atoms with van der Waals surface area (Å²) in [6.07, 6.45) is 0. The molecule has 17 heavy (non-hydrogen) atoms. The van der Waals surface area contributed by atoms with Gasteiger partial charge in [-0.05, 0) is 24.6 Å². The number of aliphatic hydroxyl groups is 1. The second-order valence-corrected chi connectivity index (χ2v) is 3.63. The molecule has 0 aliphatic carbocycles. The van der Waals surface area contributed by atoms with Gasteiger partial charge >= 0.3 is 0 Å². The molecule has 0 saturated carbocycles. The normalized spacial score (nSPS) is 10.5. The summed E-state index contributed by atoms with van der Waals surface area (Å²) in [5.41, 5.74) is 7.39. The van der Waals surface area contributed by atoms with E-state index in [1.807, 2.05) is 6.07 Å². The molecule has 1 amide bonds. The van der Waals surface area contributed by atoms with Gasteiger partial charge in [0.25, 0.3) is 5.91 Å². The van der Waals surface area contributed by atoms with Gasteiger partial charge in [0.1, 0.15) is 0 Å². The Bertz CT molecular complexity index is 562. The number of hydrogen-bond donors (Lipinski definition) is 2. The molecule has 0 aliphatic rings. The zero-order valence-electron chi connectivity index (χ0n) is 9.29. The lowest BCUT2D eigenvalue weighted by Crippen LogP contribution is -2.13. The minimum Gasteiger partial charge on any atom is -0.392 e. The van der Waals surface area contributed by atoms with Gasteiger partial charge in [-0.2, -0.15) is 0 Å². The van der Waals surface area contributed by atoms with Crippen molar-refractivity contribution in [3.8, 4) is 5.69 Å². The maximum atomic E-state index is 11.1. The standard InChI is InChI=1S/C11H12N4O2/c1-7-10(11(12)17)13-14-15(7)9-4-2-3-8(5-9)6-16/h2-5,16H,6H2,1H3,(H2,12,17). The van der Waals surface area contributed by atoms with Gasteiger partial charge in [0.2, 0.25) is 0 Å². The summed E-state index contributed by atoms with van der Waals surface area (Å²) in [5.74, 6) is -0.605. The molecule has 0 unspecified atom stereocenters. The van der Waals surface area contributed by atoms with Gasteiger partial charge in [0.15, 0.2) is 5.69 Å². The number of rotatable bonds is 3. The molecular formula is C11H12N4O2. The first-order valence-electron chi connectivity index (χ1n) is 5.05. The van der Waals surface area contributed by atoms with Gasteiger partial charge in [0, 0.05) is 0 Å². The number of aromatic nitrogens is 3. The highest BCUT2D eigenvalue weighted by Gasteiger charge is 2.14. The first-order valence-corrected chi connectivity index (χ1v) is 5.05. The van der Waals surface area contributed by atoms with E-state index in [9.17, 15) is 4.79 Å². The number of carbonyl (C=O) groups is 1. The van der Waals surface area contributed by atoms with Gasteiger partial charge in [-0.15, -0.1) is 5.10 Å². The number of carbonyl (C=O) groups excluding carboxylic acids is 1. The summed E-state index contributed by atoms with van der Waals surface area (Å²) < 4.78 is 1.51. The first kappa shape index (κ1) is 11.3. The molecule has 88 valence electrons. The lowest BCUT2D eigenvalue weighted by molar-refractivity contribution is 0.0995. The fraction of sp³-hybridized carbons (Fsp3) is 0.182. The van der Waals surface area contributed by atoms with Crippen LogP contribution in [0, 0.1) is 6.92 Å². The number of amides is 1. The lowest BCUT2D eigenvalue weighted by atomic mass is 10.2. The summed E-state index contributed by atoms with van der Waals surface area (Å²) in [4.78, 5) is 11.1. The molecule has 0 spiro atoms. The number of hydrogen-bond acceptors (Lipinski definition) is 4. The van der Waals surface area contributed by atoms with Crippen LogP contribution in [0.5, 0.6) is 0 Å². The van der Waals surface area contributed by atoms with E-state index in [2.05, 4.69) is 10.3 Å². The third-order valence-corrected chi connectivity index (χ3v) is 2.47. The van der Waals surface area contributed by atoms with Crippen LogP contribution in [0.2, 0.25) is 0 Å². The largest absolute Gasteiger partial charge is 0.392 e. The maximum absolute atomic E-state index is 11.1. The minimum atomic E-state index is -0.605. The zero-order chi connectivity index (χ0) is 12.4. The fourth-order valence-corrected chi connectivity index (χ4v) is 1.59. The van der Waals surface area contributed by atoms with Crippen molar-refractivity contribution in [3.63, 3.8) is 0 Å². The lowest BCUT2D eigenvalue weighted by Gasteiger charge is -2.04. The number of nitrogens with two attached hydrogens (primary N) is 1. The van der Waals surface area contributed by atoms with E-state index in [1.54, 1.807) is 25.1 Å². The summed E-state index contributed by atoms with van der Waals surface area (Å²) in [7, 11) is 0. The van der Waals surface area contributed by atoms with Crippen LogP contribution in [0.4, 0.5) is 0 Å². The Hall–Kier alpha value is -2.21. The van der Waals surface area contributed by atoms with Gasteiger partial charge in [-0.1, -0.05) is 17.3 Å². The van der Waals surface area contributed by atoms with Gasteiger partial charge in [-0.25, -0.2) is 4.68 Å².